The van der Waals surface area contributed by atoms with Gasteiger partial charge in [0.25, 0.3) is 0 Å². The summed E-state index contributed by atoms with van der Waals surface area (Å²) in [7, 11) is 1.14. The van der Waals surface area contributed by atoms with Crippen LogP contribution >= 0.6 is 0 Å². The van der Waals surface area contributed by atoms with Gasteiger partial charge in [0.1, 0.15) is 5.82 Å². The van der Waals surface area contributed by atoms with Crippen molar-refractivity contribution in [3.63, 3.8) is 0 Å². The average Bonchev–Trinajstić information content (AvgIpc) is 2.26. The molecule has 1 aromatic rings. The molecular formula is C11H8F4O2. The first kappa shape index (κ1) is 13.2. The topological polar surface area (TPSA) is 26.3 Å². The highest BCUT2D eigenvalue weighted by atomic mass is 19.4. The Balaban J connectivity index is 3.05. The molecule has 1 rings (SSSR count). The predicted molar refractivity (Wildman–Crippen MR) is 52.5 cm³/mol. The lowest BCUT2D eigenvalue weighted by atomic mass is 10.1. The lowest BCUT2D eigenvalue weighted by Gasteiger charge is -2.08. The lowest BCUT2D eigenvalue weighted by Crippen LogP contribution is -2.08. The van der Waals surface area contributed by atoms with Crippen LogP contribution in [0.25, 0.3) is 6.08 Å². The van der Waals surface area contributed by atoms with Gasteiger partial charge in [-0.25, -0.2) is 9.18 Å². The lowest BCUT2D eigenvalue weighted by molar-refractivity contribution is -0.140. The summed E-state index contributed by atoms with van der Waals surface area (Å²) in [5, 5.41) is 0. The minimum atomic E-state index is -4.76. The van der Waals surface area contributed by atoms with Crippen LogP contribution in [0.5, 0.6) is 0 Å². The van der Waals surface area contributed by atoms with Crippen LogP contribution in [0.15, 0.2) is 24.3 Å². The second-order valence-corrected chi connectivity index (χ2v) is 3.09. The second kappa shape index (κ2) is 4.99. The quantitative estimate of drug-likeness (QED) is 0.457. The van der Waals surface area contributed by atoms with E-state index < -0.39 is 23.5 Å². The van der Waals surface area contributed by atoms with Crippen molar-refractivity contribution in [3.05, 3.63) is 41.2 Å². The highest BCUT2D eigenvalue weighted by molar-refractivity contribution is 5.86. The summed E-state index contributed by atoms with van der Waals surface area (Å²) in [6.45, 7) is 0. The fourth-order valence-electron chi connectivity index (χ4n) is 1.10. The van der Waals surface area contributed by atoms with Gasteiger partial charge in [0.15, 0.2) is 0 Å². The Morgan fingerprint density at radius 1 is 1.35 bits per heavy atom. The Kier molecular flexibility index (Phi) is 3.88. The predicted octanol–water partition coefficient (Wildman–Crippen LogP) is 3.03. The Labute approximate surface area is 94.5 Å². The van der Waals surface area contributed by atoms with E-state index >= 15 is 0 Å². The standard InChI is InChI=1S/C11H8F4O2/c1-17-10(16)5-3-7-2-4-9(12)8(6-7)11(13,14)15/h2-6H,1H3/b5-3+. The van der Waals surface area contributed by atoms with E-state index in [-0.39, 0.29) is 5.56 Å². The Hall–Kier alpha value is -1.85. The molecule has 1 aromatic carbocycles. The zero-order chi connectivity index (χ0) is 13.1. The molecule has 0 aliphatic rings. The first-order valence-electron chi connectivity index (χ1n) is 4.47. The van der Waals surface area contributed by atoms with Crippen molar-refractivity contribution in [2.75, 3.05) is 7.11 Å². The molecule has 0 fully saturated rings. The van der Waals surface area contributed by atoms with Crippen LogP contribution in [-0.2, 0) is 15.7 Å². The van der Waals surface area contributed by atoms with Crippen LogP contribution in [0.4, 0.5) is 17.6 Å². The number of benzene rings is 1. The normalized spacial score (nSPS) is 11.8. The number of hydrogen-bond donors (Lipinski definition) is 0. The van der Waals surface area contributed by atoms with Crippen LogP contribution in [0.3, 0.4) is 0 Å². The fraction of sp³-hybridized carbons (Fsp3) is 0.182. The summed E-state index contributed by atoms with van der Waals surface area (Å²) < 4.78 is 54.2. The SMILES string of the molecule is COC(=O)/C=C/c1ccc(F)c(C(F)(F)F)c1. The third-order valence-electron chi connectivity index (χ3n) is 1.91. The van der Waals surface area contributed by atoms with Crippen LogP contribution in [0.1, 0.15) is 11.1 Å². The number of methoxy groups -OCH3 is 1. The molecule has 0 radical (unpaired) electrons. The summed E-state index contributed by atoms with van der Waals surface area (Å²) in [6, 6.07) is 2.44. The molecule has 0 saturated carbocycles. The molecule has 17 heavy (non-hydrogen) atoms. The van der Waals surface area contributed by atoms with Crippen LogP contribution < -0.4 is 0 Å². The Morgan fingerprint density at radius 2 is 2.00 bits per heavy atom. The van der Waals surface area contributed by atoms with E-state index in [1.54, 1.807) is 0 Å². The van der Waals surface area contributed by atoms with Gasteiger partial charge < -0.3 is 4.74 Å². The van der Waals surface area contributed by atoms with E-state index in [1.807, 2.05) is 0 Å². The molecule has 6 heteroatoms. The number of hydrogen-bond acceptors (Lipinski definition) is 2. The van der Waals surface area contributed by atoms with Crippen molar-refractivity contribution in [1.82, 2.24) is 0 Å². The molecule has 0 aromatic heterocycles. The maximum absolute atomic E-state index is 12.9. The van der Waals surface area contributed by atoms with E-state index in [4.69, 9.17) is 0 Å². The van der Waals surface area contributed by atoms with Gasteiger partial charge in [0, 0.05) is 6.08 Å². The van der Waals surface area contributed by atoms with Crippen molar-refractivity contribution < 1.29 is 27.1 Å². The molecule has 0 bridgehead atoms. The summed E-state index contributed by atoms with van der Waals surface area (Å²) in [5.74, 6) is -2.06. The molecule has 2 nitrogen and oxygen atoms in total. The molecule has 0 aliphatic heterocycles. The minimum Gasteiger partial charge on any atom is -0.466 e. The smallest absolute Gasteiger partial charge is 0.419 e. The van der Waals surface area contributed by atoms with E-state index in [0.29, 0.717) is 12.1 Å². The maximum Gasteiger partial charge on any atom is 0.419 e. The number of alkyl halides is 3. The average molecular weight is 248 g/mol. The third kappa shape index (κ3) is 3.58. The van der Waals surface area contributed by atoms with Gasteiger partial charge in [0.05, 0.1) is 12.7 Å². The number of carbonyl (C=O) groups is 1. The second-order valence-electron chi connectivity index (χ2n) is 3.09. The number of halogens is 4. The number of esters is 1. The molecule has 0 heterocycles. The van der Waals surface area contributed by atoms with Gasteiger partial charge in [-0.1, -0.05) is 6.07 Å². The fourth-order valence-corrected chi connectivity index (χ4v) is 1.10. The molecule has 0 aliphatic carbocycles. The molecule has 0 unspecified atom stereocenters. The number of carbonyl (C=O) groups excluding carboxylic acids is 1. The minimum absolute atomic E-state index is 0.0594. The van der Waals surface area contributed by atoms with E-state index in [0.717, 1.165) is 25.3 Å². The molecule has 0 saturated heterocycles. The van der Waals surface area contributed by atoms with Gasteiger partial charge in [-0.15, -0.1) is 0 Å². The zero-order valence-electron chi connectivity index (χ0n) is 8.72. The monoisotopic (exact) mass is 248 g/mol. The van der Waals surface area contributed by atoms with Gasteiger partial charge >= 0.3 is 12.1 Å². The van der Waals surface area contributed by atoms with Gasteiger partial charge in [-0.05, 0) is 23.8 Å². The molecular weight excluding hydrogens is 240 g/mol. The molecule has 92 valence electrons. The highest BCUT2D eigenvalue weighted by Gasteiger charge is 2.33. The molecule has 0 spiro atoms. The zero-order valence-corrected chi connectivity index (χ0v) is 8.72. The van der Waals surface area contributed by atoms with Crippen molar-refractivity contribution in [2.45, 2.75) is 6.18 Å². The summed E-state index contributed by atoms with van der Waals surface area (Å²) in [4.78, 5) is 10.7. The third-order valence-corrected chi connectivity index (χ3v) is 1.91. The Morgan fingerprint density at radius 3 is 2.53 bits per heavy atom. The number of ether oxygens (including phenoxy) is 1. The molecule has 0 amide bonds. The number of rotatable bonds is 2. The van der Waals surface area contributed by atoms with Crippen molar-refractivity contribution in [2.24, 2.45) is 0 Å². The maximum atomic E-state index is 12.9. The highest BCUT2D eigenvalue weighted by Crippen LogP contribution is 2.32. The van der Waals surface area contributed by atoms with Crippen LogP contribution in [-0.4, -0.2) is 13.1 Å². The first-order chi connectivity index (χ1) is 7.84. The van der Waals surface area contributed by atoms with Crippen molar-refractivity contribution in [1.29, 1.82) is 0 Å². The van der Waals surface area contributed by atoms with Crippen molar-refractivity contribution >= 4 is 12.0 Å². The molecule has 0 N–H and O–H groups in total. The van der Waals surface area contributed by atoms with Gasteiger partial charge in [0.2, 0.25) is 0 Å². The summed E-state index contributed by atoms with van der Waals surface area (Å²) >= 11 is 0. The first-order valence-corrected chi connectivity index (χ1v) is 4.47. The van der Waals surface area contributed by atoms with Crippen LogP contribution in [0.2, 0.25) is 0 Å². The van der Waals surface area contributed by atoms with E-state index in [9.17, 15) is 22.4 Å². The van der Waals surface area contributed by atoms with Gasteiger partial charge in [-0.2, -0.15) is 13.2 Å². The molecule has 0 atom stereocenters. The summed E-state index contributed by atoms with van der Waals surface area (Å²) in [6.07, 6.45) is -2.70. The van der Waals surface area contributed by atoms with Gasteiger partial charge in [-0.3, -0.25) is 0 Å². The van der Waals surface area contributed by atoms with Crippen LogP contribution in [0, 0.1) is 5.82 Å². The van der Waals surface area contributed by atoms with Crippen molar-refractivity contribution in [3.8, 4) is 0 Å². The van der Waals surface area contributed by atoms with E-state index in [2.05, 4.69) is 4.74 Å². The Bertz CT molecular complexity index is 449. The largest absolute Gasteiger partial charge is 0.466 e. The summed E-state index contributed by atoms with van der Waals surface area (Å²) in [5.41, 5.74) is -1.31. The van der Waals surface area contributed by atoms with E-state index in [1.165, 1.54) is 0 Å².